The summed E-state index contributed by atoms with van der Waals surface area (Å²) in [5.41, 5.74) is 11.2. The topological polar surface area (TPSA) is 0 Å². The molecule has 0 spiro atoms. The predicted octanol–water partition coefficient (Wildman–Crippen LogP) is 13.1. The van der Waals surface area contributed by atoms with Crippen LogP contribution >= 0.6 is 0 Å². The van der Waals surface area contributed by atoms with E-state index in [1.807, 2.05) is 41.5 Å². The average molecular weight is 499 g/mol. The van der Waals surface area contributed by atoms with Crippen molar-refractivity contribution in [1.82, 2.24) is 0 Å². The third-order valence-corrected chi connectivity index (χ3v) is 6.59. The summed E-state index contributed by atoms with van der Waals surface area (Å²) in [7, 11) is 0. The second-order valence-corrected chi connectivity index (χ2v) is 9.04. The van der Waals surface area contributed by atoms with E-state index in [2.05, 4.69) is 113 Å². The van der Waals surface area contributed by atoms with Gasteiger partial charge < -0.3 is 0 Å². The maximum Gasteiger partial charge on any atom is -0.0153 e. The molecule has 0 heterocycles. The molecule has 2 atom stereocenters. The van der Waals surface area contributed by atoms with Gasteiger partial charge in [-0.15, -0.1) is 0 Å². The van der Waals surface area contributed by atoms with E-state index < -0.39 is 0 Å². The zero-order valence-corrected chi connectivity index (χ0v) is 27.9. The Bertz CT molecular complexity index is 767. The third-order valence-electron chi connectivity index (χ3n) is 6.59. The molecule has 0 fully saturated rings. The minimum absolute atomic E-state index is 0.593. The van der Waals surface area contributed by atoms with Crippen molar-refractivity contribution in [3.63, 3.8) is 0 Å². The summed E-state index contributed by atoms with van der Waals surface area (Å²) in [4.78, 5) is 0. The normalized spacial score (nSPS) is 13.0. The Balaban J connectivity index is -0.000000257. The fraction of sp³-hybridized carbons (Fsp3) is 0.611. The summed E-state index contributed by atoms with van der Waals surface area (Å²) >= 11 is 0. The van der Waals surface area contributed by atoms with Gasteiger partial charge in [0.25, 0.3) is 0 Å². The molecule has 1 aromatic rings. The lowest BCUT2D eigenvalue weighted by molar-refractivity contribution is 0.649. The Kier molecular flexibility index (Phi) is 30.1. The minimum atomic E-state index is 0.593. The Morgan fingerprint density at radius 1 is 0.861 bits per heavy atom. The van der Waals surface area contributed by atoms with Crippen LogP contribution in [0.3, 0.4) is 0 Å². The molecule has 210 valence electrons. The number of hydrogen-bond donors (Lipinski definition) is 0. The fourth-order valence-corrected chi connectivity index (χ4v) is 3.31. The number of allylic oxidation sites excluding steroid dienone is 7. The fourth-order valence-electron chi connectivity index (χ4n) is 3.31. The van der Waals surface area contributed by atoms with Crippen LogP contribution in [0.1, 0.15) is 146 Å². The first-order valence-electron chi connectivity index (χ1n) is 14.7. The van der Waals surface area contributed by atoms with Gasteiger partial charge in [-0.05, 0) is 102 Å². The monoisotopic (exact) mass is 499 g/mol. The molecule has 36 heavy (non-hydrogen) atoms. The number of hydrogen-bond acceptors (Lipinski definition) is 0. The van der Waals surface area contributed by atoms with Gasteiger partial charge in [0.05, 0.1) is 0 Å². The minimum Gasteiger partial charge on any atom is -0.0959 e. The van der Waals surface area contributed by atoms with Crippen LogP contribution in [0.15, 0.2) is 64.8 Å². The zero-order chi connectivity index (χ0) is 29.4. The Labute approximate surface area is 230 Å². The summed E-state index contributed by atoms with van der Waals surface area (Å²) in [5, 5.41) is 0. The summed E-state index contributed by atoms with van der Waals surface area (Å²) < 4.78 is 0. The number of aryl methyl sites for hydroxylation is 2. The molecule has 0 amide bonds. The van der Waals surface area contributed by atoms with Crippen LogP contribution in [-0.4, -0.2) is 0 Å². The van der Waals surface area contributed by atoms with Gasteiger partial charge in [-0.3, -0.25) is 0 Å². The molecule has 0 N–H and O–H groups in total. The van der Waals surface area contributed by atoms with Gasteiger partial charge in [-0.1, -0.05) is 128 Å². The summed E-state index contributed by atoms with van der Waals surface area (Å²) in [5.74, 6) is 1.29. The molecule has 0 aliphatic rings. The van der Waals surface area contributed by atoms with Gasteiger partial charge in [0.15, 0.2) is 0 Å². The molecule has 0 aliphatic heterocycles. The van der Waals surface area contributed by atoms with E-state index in [1.165, 1.54) is 45.4 Å². The summed E-state index contributed by atoms with van der Waals surface area (Å²) in [6.07, 6.45) is 8.04. The highest BCUT2D eigenvalue weighted by atomic mass is 14.1. The molecule has 0 aliphatic carbocycles. The third kappa shape index (κ3) is 18.4. The van der Waals surface area contributed by atoms with Gasteiger partial charge in [-0.25, -0.2) is 0 Å². The largest absolute Gasteiger partial charge is 0.0959 e. The van der Waals surface area contributed by atoms with Crippen molar-refractivity contribution in [2.75, 3.05) is 0 Å². The van der Waals surface area contributed by atoms with Crippen LogP contribution in [-0.2, 0) is 0 Å². The standard InChI is InChI=1S/C19H28.C11H20.3C2H6/c1-7-14(3)11-18(8-2)12-17(6)19-10-9-15(4)16(5)13-19;1-7-9(4)11(6)10(5)8(2)3;3*1-2/h7,9-11,13,17H,8,12H2,1-6H3;9H,2,7H2,1,3-6H3;3*1-2H3/b14-7-,18-11+;11-10+;;;/t17-;;;;/m0..../s1. The van der Waals surface area contributed by atoms with Crippen LogP contribution in [0.5, 0.6) is 0 Å². The second kappa shape index (κ2) is 26.2. The van der Waals surface area contributed by atoms with Gasteiger partial charge in [-0.2, -0.15) is 0 Å². The molecule has 1 aromatic carbocycles. The van der Waals surface area contributed by atoms with E-state index in [-0.39, 0.29) is 0 Å². The first kappa shape index (κ1) is 41.3. The molecule has 1 unspecified atom stereocenters. The maximum absolute atomic E-state index is 3.93. The SMILES string of the molecule is C/C=C(C)\C=C(/CC)C[C@H](C)c1ccc(C)c(C)c1.C=C(C)/C(C)=C(\C)C(C)CC.CC.CC.CC. The highest BCUT2D eigenvalue weighted by Crippen LogP contribution is 2.27. The predicted molar refractivity (Wildman–Crippen MR) is 173 cm³/mol. The van der Waals surface area contributed by atoms with Gasteiger partial charge in [0, 0.05) is 0 Å². The summed E-state index contributed by atoms with van der Waals surface area (Å²) in [6.45, 7) is 40.1. The second-order valence-electron chi connectivity index (χ2n) is 9.04. The van der Waals surface area contributed by atoms with E-state index in [4.69, 9.17) is 0 Å². The Morgan fingerprint density at radius 2 is 1.36 bits per heavy atom. The molecule has 0 aromatic heterocycles. The highest BCUT2D eigenvalue weighted by Gasteiger charge is 2.09. The van der Waals surface area contributed by atoms with Crippen molar-refractivity contribution in [2.24, 2.45) is 5.92 Å². The van der Waals surface area contributed by atoms with Gasteiger partial charge in [0.1, 0.15) is 0 Å². The van der Waals surface area contributed by atoms with Crippen LogP contribution in [0.2, 0.25) is 0 Å². The Hall–Kier alpha value is -1.82. The lowest BCUT2D eigenvalue weighted by atomic mass is 9.90. The maximum atomic E-state index is 3.93. The lowest BCUT2D eigenvalue weighted by Gasteiger charge is -2.15. The molecule has 0 heteroatoms. The quantitative estimate of drug-likeness (QED) is 0.312. The van der Waals surface area contributed by atoms with Crippen molar-refractivity contribution in [3.05, 3.63) is 81.5 Å². The molecular weight excluding hydrogens is 432 g/mol. The molecule has 1 rings (SSSR count). The molecule has 0 saturated carbocycles. The van der Waals surface area contributed by atoms with E-state index in [1.54, 1.807) is 5.57 Å². The van der Waals surface area contributed by atoms with Crippen molar-refractivity contribution in [3.8, 4) is 0 Å². The van der Waals surface area contributed by atoms with E-state index in [0.717, 1.165) is 12.8 Å². The lowest BCUT2D eigenvalue weighted by Crippen LogP contribution is -1.97. The first-order valence-corrected chi connectivity index (χ1v) is 14.7. The average Bonchev–Trinajstić information content (AvgIpc) is 2.91. The van der Waals surface area contributed by atoms with Crippen molar-refractivity contribution >= 4 is 0 Å². The molecule has 0 nitrogen and oxygen atoms in total. The molecule has 0 radical (unpaired) electrons. The van der Waals surface area contributed by atoms with E-state index in [9.17, 15) is 0 Å². The molecule has 0 saturated heterocycles. The zero-order valence-electron chi connectivity index (χ0n) is 27.9. The van der Waals surface area contributed by atoms with E-state index >= 15 is 0 Å². The first-order chi connectivity index (χ1) is 17.0. The van der Waals surface area contributed by atoms with Crippen LogP contribution in [0.4, 0.5) is 0 Å². The smallest absolute Gasteiger partial charge is 0.0153 e. The van der Waals surface area contributed by atoms with Crippen LogP contribution < -0.4 is 0 Å². The van der Waals surface area contributed by atoms with Crippen LogP contribution in [0, 0.1) is 19.8 Å². The highest BCUT2D eigenvalue weighted by molar-refractivity contribution is 5.33. The van der Waals surface area contributed by atoms with Crippen molar-refractivity contribution in [1.29, 1.82) is 0 Å². The van der Waals surface area contributed by atoms with Gasteiger partial charge in [0.2, 0.25) is 0 Å². The Morgan fingerprint density at radius 3 is 1.72 bits per heavy atom. The molecule has 0 bridgehead atoms. The van der Waals surface area contributed by atoms with Gasteiger partial charge >= 0.3 is 0 Å². The number of benzene rings is 1. The molecular formula is C36H66. The van der Waals surface area contributed by atoms with Crippen LogP contribution in [0.25, 0.3) is 0 Å². The van der Waals surface area contributed by atoms with E-state index in [0.29, 0.717) is 11.8 Å². The summed E-state index contributed by atoms with van der Waals surface area (Å²) in [6, 6.07) is 6.87. The van der Waals surface area contributed by atoms with Crippen molar-refractivity contribution < 1.29 is 0 Å². The number of rotatable bonds is 8. The van der Waals surface area contributed by atoms with Crippen molar-refractivity contribution in [2.45, 2.75) is 143 Å².